The predicted molar refractivity (Wildman–Crippen MR) is 94.6 cm³/mol. The van der Waals surface area contributed by atoms with Crippen molar-refractivity contribution < 1.29 is 9.53 Å². The van der Waals surface area contributed by atoms with Crippen LogP contribution in [0, 0.1) is 0 Å². The maximum absolute atomic E-state index is 12.7. The Balaban J connectivity index is 1.96. The zero-order valence-electron chi connectivity index (χ0n) is 14.5. The van der Waals surface area contributed by atoms with Crippen LogP contribution in [-0.2, 0) is 0 Å². The molecule has 1 unspecified atom stereocenters. The Kier molecular flexibility index (Phi) is 6.86. The third-order valence-electron chi connectivity index (χ3n) is 4.38. The minimum absolute atomic E-state index is 0.131. The number of hydrogen-bond acceptors (Lipinski definition) is 5. The van der Waals surface area contributed by atoms with Gasteiger partial charge in [0.25, 0.3) is 0 Å². The first-order valence-electron chi connectivity index (χ1n) is 8.70. The number of nitrogens with one attached hydrogen (secondary N) is 2. The molecule has 1 aliphatic heterocycles. The summed E-state index contributed by atoms with van der Waals surface area (Å²) in [6, 6.07) is 5.53. The Hall–Kier alpha value is -1.59. The molecule has 1 heterocycles. The smallest absolute Gasteiger partial charge is 0.179 e. The summed E-state index contributed by atoms with van der Waals surface area (Å²) < 4.78 is 5.57. The highest BCUT2D eigenvalue weighted by Gasteiger charge is 2.20. The molecule has 0 radical (unpaired) electrons. The second kappa shape index (κ2) is 8.89. The van der Waals surface area contributed by atoms with Gasteiger partial charge in [0.1, 0.15) is 12.4 Å². The van der Waals surface area contributed by atoms with Crippen LogP contribution in [-0.4, -0.2) is 56.1 Å². The van der Waals surface area contributed by atoms with Gasteiger partial charge < -0.3 is 20.3 Å². The van der Waals surface area contributed by atoms with Crippen LogP contribution >= 0.6 is 0 Å². The van der Waals surface area contributed by atoms with Gasteiger partial charge in [-0.05, 0) is 37.7 Å². The fourth-order valence-electron chi connectivity index (χ4n) is 2.85. The summed E-state index contributed by atoms with van der Waals surface area (Å²) in [6.45, 7) is 11.7. The summed E-state index contributed by atoms with van der Waals surface area (Å²) in [4.78, 5) is 15.1. The fraction of sp³-hybridized carbons (Fsp3) is 0.611. The number of carbonyl (C=O) groups excluding carboxylic acids is 1. The summed E-state index contributed by atoms with van der Waals surface area (Å²) in [6.07, 6.45) is 0.790. The molecule has 0 bridgehead atoms. The number of benzene rings is 1. The van der Waals surface area contributed by atoms with E-state index < -0.39 is 0 Å². The number of Topliss-reactive ketones (excluding diaryl/α,β-unsaturated/α-hetero) is 1. The number of nitrogens with zero attached hydrogens (tertiary/aromatic N) is 1. The van der Waals surface area contributed by atoms with Gasteiger partial charge in [0.15, 0.2) is 5.78 Å². The number of likely N-dealkylation sites (N-methyl/N-ethyl adjacent to an activating group) is 1. The third kappa shape index (κ3) is 4.69. The standard InChI is InChI=1S/C18H29N3O2/c1-4-15(19-9-11-21(5-2)6-3)18(22)14-7-8-17-16(13-14)20-10-12-23-17/h7-8,13,15,19-20H,4-6,9-12H2,1-3H3. The highest BCUT2D eigenvalue weighted by Crippen LogP contribution is 2.28. The molecule has 0 aromatic heterocycles. The lowest BCUT2D eigenvalue weighted by Gasteiger charge is -2.22. The average molecular weight is 319 g/mol. The molecule has 0 spiro atoms. The predicted octanol–water partition coefficient (Wildman–Crippen LogP) is 2.38. The van der Waals surface area contributed by atoms with Crippen LogP contribution in [0.25, 0.3) is 0 Å². The molecule has 1 atom stereocenters. The van der Waals surface area contributed by atoms with E-state index in [0.29, 0.717) is 6.61 Å². The first-order chi connectivity index (χ1) is 11.2. The molecule has 0 saturated heterocycles. The SMILES string of the molecule is CCC(NCCN(CC)CC)C(=O)c1ccc2c(c1)NCCO2. The van der Waals surface area contributed by atoms with Crippen molar-refractivity contribution in [3.05, 3.63) is 23.8 Å². The van der Waals surface area contributed by atoms with Crippen LogP contribution in [0.5, 0.6) is 5.75 Å². The zero-order chi connectivity index (χ0) is 16.7. The van der Waals surface area contributed by atoms with Gasteiger partial charge in [0.2, 0.25) is 0 Å². The molecule has 2 N–H and O–H groups in total. The minimum Gasteiger partial charge on any atom is -0.490 e. The average Bonchev–Trinajstić information content (AvgIpc) is 2.61. The lowest BCUT2D eigenvalue weighted by molar-refractivity contribution is 0.0938. The van der Waals surface area contributed by atoms with Gasteiger partial charge in [0.05, 0.1) is 11.7 Å². The number of carbonyl (C=O) groups is 1. The number of hydrogen-bond donors (Lipinski definition) is 2. The van der Waals surface area contributed by atoms with E-state index in [9.17, 15) is 4.79 Å². The van der Waals surface area contributed by atoms with Crippen molar-refractivity contribution in [2.24, 2.45) is 0 Å². The molecule has 5 nitrogen and oxygen atoms in total. The maximum atomic E-state index is 12.7. The quantitative estimate of drug-likeness (QED) is 0.685. The van der Waals surface area contributed by atoms with Crippen LogP contribution in [0.2, 0.25) is 0 Å². The van der Waals surface area contributed by atoms with Crippen molar-refractivity contribution >= 4 is 11.5 Å². The number of ether oxygens (including phenoxy) is 1. The van der Waals surface area contributed by atoms with Crippen molar-refractivity contribution in [2.75, 3.05) is 44.6 Å². The van der Waals surface area contributed by atoms with Gasteiger partial charge in [-0.2, -0.15) is 0 Å². The molecule has 1 aromatic carbocycles. The zero-order valence-corrected chi connectivity index (χ0v) is 14.5. The monoisotopic (exact) mass is 319 g/mol. The number of anilines is 1. The molecular weight excluding hydrogens is 290 g/mol. The maximum Gasteiger partial charge on any atom is 0.179 e. The van der Waals surface area contributed by atoms with E-state index >= 15 is 0 Å². The number of rotatable bonds is 9. The van der Waals surface area contributed by atoms with Crippen molar-refractivity contribution in [1.29, 1.82) is 0 Å². The van der Waals surface area contributed by atoms with Crippen molar-refractivity contribution in [3.8, 4) is 5.75 Å². The number of fused-ring (bicyclic) bond motifs is 1. The van der Waals surface area contributed by atoms with Gasteiger partial charge in [-0.3, -0.25) is 4.79 Å². The van der Waals surface area contributed by atoms with Crippen LogP contribution in [0.1, 0.15) is 37.6 Å². The summed E-state index contributed by atoms with van der Waals surface area (Å²) in [5.74, 6) is 0.984. The topological polar surface area (TPSA) is 53.6 Å². The van der Waals surface area contributed by atoms with Crippen LogP contribution < -0.4 is 15.4 Å². The fourth-order valence-corrected chi connectivity index (χ4v) is 2.85. The van der Waals surface area contributed by atoms with Gasteiger partial charge in [0, 0.05) is 25.2 Å². The Morgan fingerprint density at radius 1 is 1.35 bits per heavy atom. The number of ketones is 1. The van der Waals surface area contributed by atoms with Gasteiger partial charge in [-0.25, -0.2) is 0 Å². The van der Waals surface area contributed by atoms with Crippen molar-refractivity contribution in [2.45, 2.75) is 33.2 Å². The second-order valence-corrected chi connectivity index (χ2v) is 5.79. The molecule has 0 saturated carbocycles. The van der Waals surface area contributed by atoms with Gasteiger partial charge >= 0.3 is 0 Å². The Bertz CT molecular complexity index is 515. The Morgan fingerprint density at radius 3 is 2.83 bits per heavy atom. The second-order valence-electron chi connectivity index (χ2n) is 5.79. The summed E-state index contributed by atoms with van der Waals surface area (Å²) in [5, 5.41) is 6.69. The van der Waals surface area contributed by atoms with E-state index in [1.54, 1.807) is 0 Å². The molecule has 0 fully saturated rings. The highest BCUT2D eigenvalue weighted by atomic mass is 16.5. The molecule has 128 valence electrons. The first kappa shape index (κ1) is 17.8. The van der Waals surface area contributed by atoms with E-state index in [4.69, 9.17) is 4.74 Å². The van der Waals surface area contributed by atoms with E-state index in [1.807, 2.05) is 25.1 Å². The summed E-state index contributed by atoms with van der Waals surface area (Å²) in [7, 11) is 0. The van der Waals surface area contributed by atoms with E-state index in [0.717, 1.165) is 56.1 Å². The normalized spacial score (nSPS) is 14.8. The molecule has 2 rings (SSSR count). The van der Waals surface area contributed by atoms with E-state index in [1.165, 1.54) is 0 Å². The molecule has 5 heteroatoms. The van der Waals surface area contributed by atoms with Crippen molar-refractivity contribution in [1.82, 2.24) is 10.2 Å². The lowest BCUT2D eigenvalue weighted by atomic mass is 10.0. The van der Waals surface area contributed by atoms with Crippen LogP contribution in [0.4, 0.5) is 5.69 Å². The Morgan fingerprint density at radius 2 is 2.13 bits per heavy atom. The van der Waals surface area contributed by atoms with Crippen molar-refractivity contribution in [3.63, 3.8) is 0 Å². The van der Waals surface area contributed by atoms with E-state index in [2.05, 4.69) is 29.4 Å². The highest BCUT2D eigenvalue weighted by molar-refractivity contribution is 6.01. The summed E-state index contributed by atoms with van der Waals surface area (Å²) >= 11 is 0. The van der Waals surface area contributed by atoms with Crippen LogP contribution in [0.15, 0.2) is 18.2 Å². The molecule has 1 aromatic rings. The Labute approximate surface area is 139 Å². The molecule has 0 amide bonds. The molecule has 23 heavy (non-hydrogen) atoms. The summed E-state index contributed by atoms with van der Waals surface area (Å²) in [5.41, 5.74) is 1.66. The largest absolute Gasteiger partial charge is 0.490 e. The van der Waals surface area contributed by atoms with E-state index in [-0.39, 0.29) is 11.8 Å². The lowest BCUT2D eigenvalue weighted by Crippen LogP contribution is -2.41. The van der Waals surface area contributed by atoms with Gasteiger partial charge in [-0.15, -0.1) is 0 Å². The third-order valence-corrected chi connectivity index (χ3v) is 4.38. The first-order valence-corrected chi connectivity index (χ1v) is 8.70. The molecular formula is C18H29N3O2. The van der Waals surface area contributed by atoms with Gasteiger partial charge in [-0.1, -0.05) is 20.8 Å². The molecule has 1 aliphatic rings. The minimum atomic E-state index is -0.131. The molecule has 0 aliphatic carbocycles. The van der Waals surface area contributed by atoms with Crippen LogP contribution in [0.3, 0.4) is 0 Å².